The number of rotatable bonds is 3. The van der Waals surface area contributed by atoms with Gasteiger partial charge in [0.05, 0.1) is 12.0 Å². The third-order valence-corrected chi connectivity index (χ3v) is 3.96. The van der Waals surface area contributed by atoms with Gasteiger partial charge in [-0.15, -0.1) is 11.3 Å². The molecule has 0 unspecified atom stereocenters. The van der Waals surface area contributed by atoms with Crippen LogP contribution in [0.5, 0.6) is 0 Å². The largest absolute Gasteiger partial charge is 0.326 e. The van der Waals surface area contributed by atoms with Crippen LogP contribution in [0.3, 0.4) is 0 Å². The minimum Gasteiger partial charge on any atom is -0.326 e. The maximum absolute atomic E-state index is 11.4. The van der Waals surface area contributed by atoms with Crippen molar-refractivity contribution in [2.45, 2.75) is 13.3 Å². The van der Waals surface area contributed by atoms with Crippen molar-refractivity contribution in [1.29, 1.82) is 0 Å². The van der Waals surface area contributed by atoms with Crippen molar-refractivity contribution in [3.05, 3.63) is 58.3 Å². The molecule has 0 aliphatic rings. The molecule has 0 radical (unpaired) electrons. The lowest BCUT2D eigenvalue weighted by molar-refractivity contribution is 1.02. The Bertz CT molecular complexity index is 740. The van der Waals surface area contributed by atoms with Gasteiger partial charge in [-0.05, 0) is 18.6 Å². The van der Waals surface area contributed by atoms with E-state index in [1.54, 1.807) is 29.9 Å². The summed E-state index contributed by atoms with van der Waals surface area (Å²) in [6, 6.07) is 5.57. The number of hydrogen-bond acceptors (Lipinski definition) is 3. The normalized spacial score (nSPS) is 10.8. The molecular formula is C14H13N3OS. The first kappa shape index (κ1) is 11.9. The van der Waals surface area contributed by atoms with Gasteiger partial charge >= 0.3 is 0 Å². The molecule has 0 aromatic carbocycles. The Kier molecular flexibility index (Phi) is 3.05. The van der Waals surface area contributed by atoms with Gasteiger partial charge in [0.25, 0.3) is 0 Å². The number of aryl methyl sites for hydroxylation is 1. The van der Waals surface area contributed by atoms with Gasteiger partial charge < -0.3 is 9.55 Å². The molecule has 0 saturated heterocycles. The number of thiophene rings is 1. The Morgan fingerprint density at radius 1 is 1.42 bits per heavy atom. The second-order valence-corrected chi connectivity index (χ2v) is 5.12. The van der Waals surface area contributed by atoms with Gasteiger partial charge in [-0.2, -0.15) is 0 Å². The lowest BCUT2D eigenvalue weighted by atomic mass is 10.1. The number of imidazole rings is 1. The minimum absolute atomic E-state index is 0.0491. The lowest BCUT2D eigenvalue weighted by Crippen LogP contribution is -2.07. The van der Waals surface area contributed by atoms with Gasteiger partial charge in [0.1, 0.15) is 0 Å². The molecule has 3 rings (SSSR count). The summed E-state index contributed by atoms with van der Waals surface area (Å²) in [6.45, 7) is 2.04. The summed E-state index contributed by atoms with van der Waals surface area (Å²) in [5, 5.41) is 2.08. The van der Waals surface area contributed by atoms with Crippen molar-refractivity contribution in [1.82, 2.24) is 14.5 Å². The van der Waals surface area contributed by atoms with Crippen LogP contribution in [-0.4, -0.2) is 14.5 Å². The third kappa shape index (κ3) is 2.24. The van der Waals surface area contributed by atoms with Crippen molar-refractivity contribution in [3.63, 3.8) is 0 Å². The van der Waals surface area contributed by atoms with E-state index < -0.39 is 0 Å². The molecule has 0 bridgehead atoms. The predicted molar refractivity (Wildman–Crippen MR) is 76.9 cm³/mol. The fraction of sp³-hybridized carbons (Fsp3) is 0.143. The topological polar surface area (TPSA) is 50.7 Å². The molecule has 19 heavy (non-hydrogen) atoms. The van der Waals surface area contributed by atoms with Crippen molar-refractivity contribution in [2.75, 3.05) is 0 Å². The minimum atomic E-state index is -0.0491. The molecule has 4 nitrogen and oxygen atoms in total. The zero-order valence-electron chi connectivity index (χ0n) is 10.5. The van der Waals surface area contributed by atoms with Crippen molar-refractivity contribution < 1.29 is 0 Å². The molecule has 0 atom stereocenters. The molecule has 0 aliphatic carbocycles. The Labute approximate surface area is 114 Å². The Hall–Kier alpha value is -2.14. The van der Waals surface area contributed by atoms with Crippen LogP contribution in [-0.2, 0) is 6.42 Å². The number of H-pyrrole nitrogens is 1. The number of nitrogens with zero attached hydrogens (tertiary/aromatic N) is 2. The van der Waals surface area contributed by atoms with E-state index in [1.165, 1.54) is 0 Å². The lowest BCUT2D eigenvalue weighted by Gasteiger charge is -2.04. The third-order valence-electron chi connectivity index (χ3n) is 3.01. The summed E-state index contributed by atoms with van der Waals surface area (Å²) in [7, 11) is 0. The SMILES string of the molecule is CCc1[nH]c(=O)ccc1-c1cc(-n2ccnc2)cs1. The van der Waals surface area contributed by atoms with Gasteiger partial charge in [0.15, 0.2) is 0 Å². The molecule has 5 heteroatoms. The van der Waals surface area contributed by atoms with E-state index in [-0.39, 0.29) is 5.56 Å². The van der Waals surface area contributed by atoms with Crippen LogP contribution in [0.15, 0.2) is 47.1 Å². The van der Waals surface area contributed by atoms with Crippen LogP contribution < -0.4 is 5.56 Å². The summed E-state index contributed by atoms with van der Waals surface area (Å²) in [5.74, 6) is 0. The highest BCUT2D eigenvalue weighted by Crippen LogP contribution is 2.30. The smallest absolute Gasteiger partial charge is 0.248 e. The van der Waals surface area contributed by atoms with Crippen LogP contribution >= 0.6 is 11.3 Å². The van der Waals surface area contributed by atoms with E-state index in [2.05, 4.69) is 21.4 Å². The molecule has 96 valence electrons. The maximum atomic E-state index is 11.4. The van der Waals surface area contributed by atoms with Crippen LogP contribution in [0, 0.1) is 0 Å². The van der Waals surface area contributed by atoms with Crippen LogP contribution in [0.2, 0.25) is 0 Å². The van der Waals surface area contributed by atoms with Gasteiger partial charge in [-0.1, -0.05) is 6.92 Å². The average molecular weight is 271 g/mol. The molecule has 0 saturated carbocycles. The van der Waals surface area contributed by atoms with E-state index >= 15 is 0 Å². The molecule has 3 aromatic heterocycles. The second kappa shape index (κ2) is 4.85. The number of hydrogen-bond donors (Lipinski definition) is 1. The molecule has 0 aliphatic heterocycles. The molecule has 3 aromatic rings. The second-order valence-electron chi connectivity index (χ2n) is 4.21. The van der Waals surface area contributed by atoms with Gasteiger partial charge in [-0.25, -0.2) is 4.98 Å². The highest BCUT2D eigenvalue weighted by molar-refractivity contribution is 7.13. The highest BCUT2D eigenvalue weighted by atomic mass is 32.1. The van der Waals surface area contributed by atoms with E-state index in [1.807, 2.05) is 23.8 Å². The zero-order chi connectivity index (χ0) is 13.2. The molecule has 0 spiro atoms. The number of nitrogens with one attached hydrogen (secondary N) is 1. The zero-order valence-corrected chi connectivity index (χ0v) is 11.3. The monoisotopic (exact) mass is 271 g/mol. The van der Waals surface area contributed by atoms with Crippen LogP contribution in [0.1, 0.15) is 12.6 Å². The van der Waals surface area contributed by atoms with Gasteiger partial charge in [0.2, 0.25) is 5.56 Å². The molecule has 1 N–H and O–H groups in total. The average Bonchev–Trinajstić information content (AvgIpc) is 3.09. The predicted octanol–water partition coefficient (Wildman–Crippen LogP) is 2.85. The summed E-state index contributed by atoms with van der Waals surface area (Å²) in [4.78, 5) is 19.5. The standard InChI is InChI=1S/C14H13N3OS/c1-2-12-11(3-4-14(18)16-12)13-7-10(8-19-13)17-6-5-15-9-17/h3-9H,2H2,1H3,(H,16,18). The van der Waals surface area contributed by atoms with Crippen molar-refractivity contribution >= 4 is 11.3 Å². The first-order valence-corrected chi connectivity index (χ1v) is 6.95. The molecule has 3 heterocycles. The molecule has 0 fully saturated rings. The first-order chi connectivity index (χ1) is 9.28. The van der Waals surface area contributed by atoms with Gasteiger partial charge in [0, 0.05) is 40.0 Å². The van der Waals surface area contributed by atoms with E-state index in [4.69, 9.17) is 0 Å². The quantitative estimate of drug-likeness (QED) is 0.796. The molecular weight excluding hydrogens is 258 g/mol. The fourth-order valence-corrected chi connectivity index (χ4v) is 2.99. The summed E-state index contributed by atoms with van der Waals surface area (Å²) in [6.07, 6.45) is 6.26. The Morgan fingerprint density at radius 3 is 3.05 bits per heavy atom. The number of pyridine rings is 1. The summed E-state index contributed by atoms with van der Waals surface area (Å²) < 4.78 is 1.97. The van der Waals surface area contributed by atoms with E-state index in [0.717, 1.165) is 28.2 Å². The fourth-order valence-electron chi connectivity index (χ4n) is 2.04. The van der Waals surface area contributed by atoms with Crippen LogP contribution in [0.25, 0.3) is 16.1 Å². The van der Waals surface area contributed by atoms with E-state index in [0.29, 0.717) is 0 Å². The van der Waals surface area contributed by atoms with Crippen molar-refractivity contribution in [3.8, 4) is 16.1 Å². The van der Waals surface area contributed by atoms with Crippen LogP contribution in [0.4, 0.5) is 0 Å². The highest BCUT2D eigenvalue weighted by Gasteiger charge is 2.08. The molecule has 0 amide bonds. The van der Waals surface area contributed by atoms with Gasteiger partial charge in [-0.3, -0.25) is 4.79 Å². The summed E-state index contributed by atoms with van der Waals surface area (Å²) >= 11 is 1.67. The van der Waals surface area contributed by atoms with E-state index in [9.17, 15) is 4.79 Å². The number of aromatic nitrogens is 3. The Morgan fingerprint density at radius 2 is 2.32 bits per heavy atom. The van der Waals surface area contributed by atoms with Crippen molar-refractivity contribution in [2.24, 2.45) is 0 Å². The summed E-state index contributed by atoms with van der Waals surface area (Å²) in [5.41, 5.74) is 3.11. The number of aromatic amines is 1. The Balaban J connectivity index is 2.06. The first-order valence-electron chi connectivity index (χ1n) is 6.07. The maximum Gasteiger partial charge on any atom is 0.248 e.